The lowest BCUT2D eigenvalue weighted by Crippen LogP contribution is -2.37. The van der Waals surface area contributed by atoms with Crippen molar-refractivity contribution in [3.8, 4) is 10.4 Å². The van der Waals surface area contributed by atoms with Crippen LogP contribution in [0.2, 0.25) is 0 Å². The van der Waals surface area contributed by atoms with Gasteiger partial charge in [-0.25, -0.2) is 10.3 Å². The smallest absolute Gasteiger partial charge is 0.245 e. The van der Waals surface area contributed by atoms with Crippen LogP contribution in [0.4, 0.5) is 5.69 Å². The Kier molecular flexibility index (Phi) is 8.67. The molecule has 194 valence electrons. The summed E-state index contributed by atoms with van der Waals surface area (Å²) in [6.07, 6.45) is 10.5. The van der Waals surface area contributed by atoms with Gasteiger partial charge in [0.1, 0.15) is 0 Å². The van der Waals surface area contributed by atoms with Crippen LogP contribution in [0.15, 0.2) is 36.4 Å². The van der Waals surface area contributed by atoms with Crippen molar-refractivity contribution in [3.05, 3.63) is 41.3 Å². The number of benzene rings is 1. The van der Waals surface area contributed by atoms with E-state index >= 15 is 0 Å². The number of carbonyl (C=O) groups is 2. The second-order valence-corrected chi connectivity index (χ2v) is 12.7. The van der Waals surface area contributed by atoms with Crippen molar-refractivity contribution in [3.63, 3.8) is 0 Å². The lowest BCUT2D eigenvalue weighted by atomic mass is 9.94. The van der Waals surface area contributed by atoms with Crippen LogP contribution >= 0.6 is 23.1 Å². The number of hydrogen-bond donors (Lipinski definition) is 2. The van der Waals surface area contributed by atoms with Crippen LogP contribution in [0.25, 0.3) is 10.4 Å². The van der Waals surface area contributed by atoms with E-state index in [0.717, 1.165) is 79.7 Å². The van der Waals surface area contributed by atoms with E-state index in [4.69, 9.17) is 9.57 Å². The SMILES string of the molecule is O=C(C[C@]1(c2ccc(-c3cccc(NC(=O)C4CCCC4)c3)s2)CCCCS1)NOC1CCCCO1. The predicted molar refractivity (Wildman–Crippen MR) is 146 cm³/mol. The van der Waals surface area contributed by atoms with E-state index < -0.39 is 0 Å². The molecule has 0 bridgehead atoms. The van der Waals surface area contributed by atoms with E-state index in [1.165, 1.54) is 11.3 Å². The number of carbonyl (C=O) groups excluding carboxylic acids is 2. The van der Waals surface area contributed by atoms with Gasteiger partial charge < -0.3 is 10.1 Å². The number of ether oxygens (including phenoxy) is 1. The summed E-state index contributed by atoms with van der Waals surface area (Å²) in [5, 5.41) is 3.12. The van der Waals surface area contributed by atoms with Gasteiger partial charge >= 0.3 is 0 Å². The highest BCUT2D eigenvalue weighted by Crippen LogP contribution is 2.51. The highest BCUT2D eigenvalue weighted by Gasteiger charge is 2.38. The number of thioether (sulfide) groups is 1. The summed E-state index contributed by atoms with van der Waals surface area (Å²) in [4.78, 5) is 33.5. The first-order valence-electron chi connectivity index (χ1n) is 13.3. The van der Waals surface area contributed by atoms with E-state index in [2.05, 4.69) is 35.1 Å². The lowest BCUT2D eigenvalue weighted by Gasteiger charge is -2.35. The third-order valence-electron chi connectivity index (χ3n) is 7.44. The van der Waals surface area contributed by atoms with Crippen LogP contribution in [0.5, 0.6) is 0 Å². The Morgan fingerprint density at radius 3 is 2.67 bits per heavy atom. The fraction of sp³-hybridized carbons (Fsp3) is 0.571. The molecule has 1 aromatic heterocycles. The summed E-state index contributed by atoms with van der Waals surface area (Å²) in [6.45, 7) is 0.684. The summed E-state index contributed by atoms with van der Waals surface area (Å²) < 4.78 is 5.34. The van der Waals surface area contributed by atoms with Crippen molar-refractivity contribution >= 4 is 40.6 Å². The first-order valence-corrected chi connectivity index (χ1v) is 15.1. The van der Waals surface area contributed by atoms with Crippen molar-refractivity contribution in [2.75, 3.05) is 17.7 Å². The molecule has 3 heterocycles. The molecule has 8 heteroatoms. The third kappa shape index (κ3) is 6.33. The van der Waals surface area contributed by atoms with Crippen LogP contribution in [0, 0.1) is 5.92 Å². The molecule has 1 aromatic carbocycles. The molecule has 36 heavy (non-hydrogen) atoms. The van der Waals surface area contributed by atoms with Gasteiger partial charge in [0.05, 0.1) is 4.75 Å². The van der Waals surface area contributed by atoms with E-state index in [1.807, 2.05) is 23.9 Å². The monoisotopic (exact) mass is 528 g/mol. The molecule has 1 unspecified atom stereocenters. The second kappa shape index (κ2) is 12.1. The molecule has 3 aliphatic rings. The highest BCUT2D eigenvalue weighted by molar-refractivity contribution is 8.00. The second-order valence-electron chi connectivity index (χ2n) is 10.1. The largest absolute Gasteiger partial charge is 0.350 e. The summed E-state index contributed by atoms with van der Waals surface area (Å²) in [5.41, 5.74) is 4.61. The Labute approximate surface area is 221 Å². The first kappa shape index (κ1) is 25.8. The van der Waals surface area contributed by atoms with Gasteiger partial charge in [0, 0.05) is 40.8 Å². The number of nitrogens with one attached hydrogen (secondary N) is 2. The Hall–Kier alpha value is -1.87. The zero-order chi connectivity index (χ0) is 24.8. The quantitative estimate of drug-likeness (QED) is 0.377. The summed E-state index contributed by atoms with van der Waals surface area (Å²) in [7, 11) is 0. The Bertz CT molecular complexity index is 1040. The average Bonchev–Trinajstić information content (AvgIpc) is 3.62. The molecule has 2 aromatic rings. The summed E-state index contributed by atoms with van der Waals surface area (Å²) >= 11 is 3.65. The normalized spacial score (nSPS) is 24.9. The van der Waals surface area contributed by atoms with Gasteiger partial charge in [0.2, 0.25) is 11.8 Å². The van der Waals surface area contributed by atoms with E-state index in [0.29, 0.717) is 13.0 Å². The number of thiophene rings is 1. The molecule has 0 spiro atoms. The molecule has 6 nitrogen and oxygen atoms in total. The zero-order valence-corrected chi connectivity index (χ0v) is 22.4. The number of anilines is 1. The van der Waals surface area contributed by atoms with Gasteiger partial charge in [-0.1, -0.05) is 31.4 Å². The van der Waals surface area contributed by atoms with E-state index in [-0.39, 0.29) is 28.8 Å². The first-order chi connectivity index (χ1) is 17.6. The molecule has 5 rings (SSSR count). The van der Waals surface area contributed by atoms with Crippen molar-refractivity contribution in [2.24, 2.45) is 5.92 Å². The summed E-state index contributed by atoms with van der Waals surface area (Å²) in [6, 6.07) is 12.5. The molecule has 3 fully saturated rings. The summed E-state index contributed by atoms with van der Waals surface area (Å²) in [5.74, 6) is 1.24. The van der Waals surface area contributed by atoms with E-state index in [1.54, 1.807) is 11.3 Å². The van der Waals surface area contributed by atoms with Gasteiger partial charge in [-0.15, -0.1) is 23.1 Å². The zero-order valence-electron chi connectivity index (χ0n) is 20.8. The average molecular weight is 529 g/mol. The molecule has 2 saturated heterocycles. The Balaban J connectivity index is 1.27. The Morgan fingerprint density at radius 1 is 1.03 bits per heavy atom. The minimum Gasteiger partial charge on any atom is -0.350 e. The maximum atomic E-state index is 12.9. The van der Waals surface area contributed by atoms with Crippen molar-refractivity contribution < 1.29 is 19.2 Å². The number of hydrogen-bond acceptors (Lipinski definition) is 6. The van der Waals surface area contributed by atoms with Gasteiger partial charge in [-0.05, 0) is 74.1 Å². The van der Waals surface area contributed by atoms with Crippen molar-refractivity contribution in [1.82, 2.24) is 5.48 Å². The van der Waals surface area contributed by atoms with Crippen molar-refractivity contribution in [1.29, 1.82) is 0 Å². The molecule has 1 saturated carbocycles. The van der Waals surface area contributed by atoms with Gasteiger partial charge in [0.15, 0.2) is 6.29 Å². The van der Waals surface area contributed by atoms with Gasteiger partial charge in [-0.2, -0.15) is 0 Å². The molecule has 1 aliphatic carbocycles. The predicted octanol–water partition coefficient (Wildman–Crippen LogP) is 6.62. The minimum atomic E-state index is -0.340. The van der Waals surface area contributed by atoms with Crippen molar-refractivity contribution in [2.45, 2.75) is 81.7 Å². The molecule has 0 radical (unpaired) electrons. The van der Waals surface area contributed by atoms with Crippen LogP contribution < -0.4 is 10.8 Å². The number of hydroxylamine groups is 1. The topological polar surface area (TPSA) is 76.7 Å². The molecule has 2 N–H and O–H groups in total. The minimum absolute atomic E-state index is 0.0925. The molecule has 2 amide bonds. The third-order valence-corrected chi connectivity index (χ3v) is 10.5. The van der Waals surface area contributed by atoms with Crippen LogP contribution in [0.3, 0.4) is 0 Å². The maximum Gasteiger partial charge on any atom is 0.245 e. The highest BCUT2D eigenvalue weighted by atomic mass is 32.2. The fourth-order valence-electron chi connectivity index (χ4n) is 5.42. The van der Waals surface area contributed by atoms with E-state index in [9.17, 15) is 9.59 Å². The van der Waals surface area contributed by atoms with Crippen LogP contribution in [-0.2, 0) is 23.9 Å². The molecular formula is C28H36N2O4S2. The lowest BCUT2D eigenvalue weighted by molar-refractivity contribution is -0.200. The van der Waals surface area contributed by atoms with Gasteiger partial charge in [0.25, 0.3) is 0 Å². The van der Waals surface area contributed by atoms with Gasteiger partial charge in [-0.3, -0.25) is 9.59 Å². The fourth-order valence-corrected chi connectivity index (χ4v) is 8.31. The molecular weight excluding hydrogens is 492 g/mol. The molecule has 2 atom stereocenters. The Morgan fingerprint density at radius 2 is 1.89 bits per heavy atom. The number of amides is 2. The standard InChI is InChI=1S/C28H36N2O4S2/c31-25(30-34-26-12-3-5-16-33-26)19-28(15-4-6-17-35-28)24-14-13-23(36-24)21-10-7-11-22(18-21)29-27(32)20-8-1-2-9-20/h7,10-11,13-14,18,20,26H,1-6,8-9,12,15-17,19H2,(H,29,32)(H,30,31)/t26?,28-/m0/s1. The molecule has 2 aliphatic heterocycles. The number of rotatable bonds is 8. The van der Waals surface area contributed by atoms with Crippen LogP contribution in [0.1, 0.15) is 75.5 Å². The van der Waals surface area contributed by atoms with Crippen LogP contribution in [-0.4, -0.2) is 30.5 Å². The maximum absolute atomic E-state index is 12.9.